The minimum Gasteiger partial charge on any atom is -0.359 e. The Morgan fingerprint density at radius 1 is 1.47 bits per heavy atom. The lowest BCUT2D eigenvalue weighted by molar-refractivity contribution is -0.140. The van der Waals surface area contributed by atoms with Crippen LogP contribution in [0.1, 0.15) is 12.5 Å². The summed E-state index contributed by atoms with van der Waals surface area (Å²) in [6.07, 6.45) is 1.51. The lowest BCUT2D eigenvalue weighted by Gasteiger charge is -2.15. The van der Waals surface area contributed by atoms with E-state index in [1.165, 1.54) is 13.1 Å². The highest BCUT2D eigenvalue weighted by Crippen LogP contribution is 2.16. The van der Waals surface area contributed by atoms with Gasteiger partial charge in [-0.05, 0) is 17.7 Å². The van der Waals surface area contributed by atoms with Gasteiger partial charge in [-0.3, -0.25) is 0 Å². The van der Waals surface area contributed by atoms with Crippen molar-refractivity contribution in [2.75, 3.05) is 24.8 Å². The molecule has 5 heteroatoms. The molecule has 0 aliphatic carbocycles. The van der Waals surface area contributed by atoms with E-state index in [-0.39, 0.29) is 0 Å². The van der Waals surface area contributed by atoms with Crippen LogP contribution in [-0.2, 0) is 14.4 Å². The van der Waals surface area contributed by atoms with Gasteiger partial charge >= 0.3 is 5.97 Å². The van der Waals surface area contributed by atoms with Crippen molar-refractivity contribution in [3.63, 3.8) is 0 Å². The SMILES string of the molecule is CC(=O)ON=Cc1ccc(N2CCOC2)cc1. The molecule has 0 amide bonds. The van der Waals surface area contributed by atoms with Gasteiger partial charge in [0.2, 0.25) is 0 Å². The number of anilines is 1. The van der Waals surface area contributed by atoms with E-state index in [1.54, 1.807) is 0 Å². The second-order valence-corrected chi connectivity index (χ2v) is 3.71. The quantitative estimate of drug-likeness (QED) is 0.450. The summed E-state index contributed by atoms with van der Waals surface area (Å²) >= 11 is 0. The van der Waals surface area contributed by atoms with Crippen molar-refractivity contribution in [1.29, 1.82) is 0 Å². The Balaban J connectivity index is 1.97. The van der Waals surface area contributed by atoms with E-state index in [9.17, 15) is 4.79 Å². The first-order valence-electron chi connectivity index (χ1n) is 5.39. The summed E-state index contributed by atoms with van der Waals surface area (Å²) in [5.41, 5.74) is 2.00. The first-order chi connectivity index (χ1) is 8.25. The van der Waals surface area contributed by atoms with Crippen molar-refractivity contribution in [3.8, 4) is 0 Å². The Bertz CT molecular complexity index is 408. The molecule has 17 heavy (non-hydrogen) atoms. The minimum absolute atomic E-state index is 0.424. The molecule has 2 rings (SSSR count). The molecule has 0 atom stereocenters. The van der Waals surface area contributed by atoms with Crippen LogP contribution in [0.4, 0.5) is 5.69 Å². The smallest absolute Gasteiger partial charge is 0.331 e. The Hall–Kier alpha value is -1.88. The van der Waals surface area contributed by atoms with E-state index in [0.29, 0.717) is 6.73 Å². The van der Waals surface area contributed by atoms with Gasteiger partial charge in [0.1, 0.15) is 6.73 Å². The Morgan fingerprint density at radius 2 is 2.24 bits per heavy atom. The van der Waals surface area contributed by atoms with E-state index in [4.69, 9.17) is 4.74 Å². The van der Waals surface area contributed by atoms with E-state index < -0.39 is 5.97 Å². The lowest BCUT2D eigenvalue weighted by atomic mass is 10.2. The third kappa shape index (κ3) is 3.29. The van der Waals surface area contributed by atoms with Crippen molar-refractivity contribution in [2.24, 2.45) is 5.16 Å². The van der Waals surface area contributed by atoms with Crippen LogP contribution in [0.15, 0.2) is 29.4 Å². The molecule has 0 saturated carbocycles. The summed E-state index contributed by atoms with van der Waals surface area (Å²) < 4.78 is 5.28. The summed E-state index contributed by atoms with van der Waals surface area (Å²) in [5, 5.41) is 3.56. The normalized spacial score (nSPS) is 15.5. The monoisotopic (exact) mass is 234 g/mol. The number of hydrogen-bond acceptors (Lipinski definition) is 5. The molecular formula is C12H14N2O3. The zero-order valence-corrected chi connectivity index (χ0v) is 9.63. The molecule has 0 radical (unpaired) electrons. The minimum atomic E-state index is -0.424. The molecule has 1 aliphatic heterocycles. The van der Waals surface area contributed by atoms with Gasteiger partial charge < -0.3 is 14.5 Å². The van der Waals surface area contributed by atoms with Gasteiger partial charge in [0.25, 0.3) is 0 Å². The molecule has 90 valence electrons. The molecule has 1 heterocycles. The third-order valence-electron chi connectivity index (χ3n) is 2.39. The summed E-state index contributed by atoms with van der Waals surface area (Å²) in [5.74, 6) is -0.424. The van der Waals surface area contributed by atoms with Crippen LogP contribution in [-0.4, -0.2) is 32.1 Å². The summed E-state index contributed by atoms with van der Waals surface area (Å²) in [4.78, 5) is 17.1. The zero-order valence-electron chi connectivity index (χ0n) is 9.63. The second-order valence-electron chi connectivity index (χ2n) is 3.71. The molecule has 0 unspecified atom stereocenters. The molecule has 1 aromatic carbocycles. The van der Waals surface area contributed by atoms with Crippen molar-refractivity contribution in [3.05, 3.63) is 29.8 Å². The number of ether oxygens (including phenoxy) is 1. The number of oxime groups is 1. The second kappa shape index (κ2) is 5.45. The van der Waals surface area contributed by atoms with Crippen LogP contribution in [0.3, 0.4) is 0 Å². The Kier molecular flexibility index (Phi) is 3.72. The average Bonchev–Trinajstić information content (AvgIpc) is 2.83. The van der Waals surface area contributed by atoms with Gasteiger partial charge in [-0.2, -0.15) is 0 Å². The predicted octanol–water partition coefficient (Wildman–Crippen LogP) is 1.38. The number of benzene rings is 1. The zero-order chi connectivity index (χ0) is 12.1. The first-order valence-corrected chi connectivity index (χ1v) is 5.39. The number of carbonyl (C=O) groups excluding carboxylic acids is 1. The fourth-order valence-corrected chi connectivity index (χ4v) is 1.55. The highest BCUT2D eigenvalue weighted by molar-refractivity contribution is 5.80. The van der Waals surface area contributed by atoms with Crippen LogP contribution in [0.5, 0.6) is 0 Å². The highest BCUT2D eigenvalue weighted by Gasteiger charge is 2.11. The van der Waals surface area contributed by atoms with Crippen LogP contribution in [0.2, 0.25) is 0 Å². The fourth-order valence-electron chi connectivity index (χ4n) is 1.55. The standard InChI is InChI=1S/C12H14N2O3/c1-10(15)17-13-8-11-2-4-12(5-3-11)14-6-7-16-9-14/h2-5,8H,6-7,9H2,1H3. The lowest BCUT2D eigenvalue weighted by Crippen LogP contribution is -2.18. The van der Waals surface area contributed by atoms with Gasteiger partial charge in [-0.15, -0.1) is 0 Å². The summed E-state index contributed by atoms with van der Waals surface area (Å²) in [7, 11) is 0. The van der Waals surface area contributed by atoms with Gasteiger partial charge in [0.15, 0.2) is 0 Å². The van der Waals surface area contributed by atoms with Gasteiger partial charge in [-0.1, -0.05) is 17.3 Å². The molecule has 0 spiro atoms. The number of hydrogen-bond donors (Lipinski definition) is 0. The van der Waals surface area contributed by atoms with Gasteiger partial charge in [0.05, 0.1) is 12.8 Å². The van der Waals surface area contributed by atoms with Crippen molar-refractivity contribution < 1.29 is 14.4 Å². The fraction of sp³-hybridized carbons (Fsp3) is 0.333. The van der Waals surface area contributed by atoms with Gasteiger partial charge in [0, 0.05) is 19.2 Å². The van der Waals surface area contributed by atoms with E-state index in [0.717, 1.165) is 24.4 Å². The molecular weight excluding hydrogens is 220 g/mol. The molecule has 1 saturated heterocycles. The third-order valence-corrected chi connectivity index (χ3v) is 2.39. The van der Waals surface area contributed by atoms with Crippen LogP contribution in [0.25, 0.3) is 0 Å². The molecule has 1 aliphatic rings. The molecule has 1 aromatic rings. The van der Waals surface area contributed by atoms with Crippen LogP contribution >= 0.6 is 0 Å². The van der Waals surface area contributed by atoms with Crippen molar-refractivity contribution >= 4 is 17.9 Å². The van der Waals surface area contributed by atoms with E-state index in [1.807, 2.05) is 24.3 Å². The summed E-state index contributed by atoms with van der Waals surface area (Å²) in [6.45, 7) is 3.64. The highest BCUT2D eigenvalue weighted by atomic mass is 16.7. The molecule has 0 bridgehead atoms. The largest absolute Gasteiger partial charge is 0.359 e. The van der Waals surface area contributed by atoms with Crippen LogP contribution in [0, 0.1) is 0 Å². The number of rotatable bonds is 3. The molecule has 5 nitrogen and oxygen atoms in total. The maximum Gasteiger partial charge on any atom is 0.331 e. The average molecular weight is 234 g/mol. The number of nitrogens with zero attached hydrogens (tertiary/aromatic N) is 2. The molecule has 0 aromatic heterocycles. The molecule has 1 fully saturated rings. The summed E-state index contributed by atoms with van der Waals surface area (Å²) in [6, 6.07) is 7.81. The maximum atomic E-state index is 10.5. The van der Waals surface area contributed by atoms with Crippen molar-refractivity contribution in [1.82, 2.24) is 0 Å². The van der Waals surface area contributed by atoms with E-state index in [2.05, 4.69) is 14.9 Å². The van der Waals surface area contributed by atoms with Crippen LogP contribution < -0.4 is 4.90 Å². The maximum absolute atomic E-state index is 10.5. The predicted molar refractivity (Wildman–Crippen MR) is 64.0 cm³/mol. The first kappa shape index (κ1) is 11.6. The number of carbonyl (C=O) groups is 1. The van der Waals surface area contributed by atoms with E-state index >= 15 is 0 Å². The topological polar surface area (TPSA) is 51.1 Å². The molecule has 0 N–H and O–H groups in total. The van der Waals surface area contributed by atoms with Gasteiger partial charge in [-0.25, -0.2) is 4.79 Å². The Morgan fingerprint density at radius 3 is 2.82 bits per heavy atom. The Labute approximate surface area is 99.6 Å². The van der Waals surface area contributed by atoms with Crippen molar-refractivity contribution in [2.45, 2.75) is 6.92 Å².